The smallest absolute Gasteiger partial charge is 0.253 e. The van der Waals surface area contributed by atoms with Crippen LogP contribution in [-0.2, 0) is 28.0 Å². The van der Waals surface area contributed by atoms with Crippen molar-refractivity contribution in [1.29, 1.82) is 0 Å². The summed E-state index contributed by atoms with van der Waals surface area (Å²) in [7, 11) is 0. The number of aryl methyl sites for hydroxylation is 3. The summed E-state index contributed by atoms with van der Waals surface area (Å²) in [6.07, 6.45) is 13.9. The highest BCUT2D eigenvalue weighted by Crippen LogP contribution is 2.41. The van der Waals surface area contributed by atoms with Crippen molar-refractivity contribution in [1.82, 2.24) is 0 Å². The van der Waals surface area contributed by atoms with Gasteiger partial charge in [0.25, 0.3) is 6.73 Å². The first-order chi connectivity index (χ1) is 18.8. The van der Waals surface area contributed by atoms with Crippen LogP contribution in [0.4, 0.5) is 0 Å². The van der Waals surface area contributed by atoms with Crippen LogP contribution >= 0.6 is 0 Å². The van der Waals surface area contributed by atoms with Crippen LogP contribution in [-0.4, -0.2) is 6.10 Å². The third kappa shape index (κ3) is 6.53. The van der Waals surface area contributed by atoms with Gasteiger partial charge in [-0.25, -0.2) is 0 Å². The lowest BCUT2D eigenvalue weighted by molar-refractivity contribution is -0.724. The van der Waals surface area contributed by atoms with E-state index in [-0.39, 0.29) is 11.5 Å². The molecule has 0 saturated carbocycles. The Hall–Kier alpha value is -3.17. The summed E-state index contributed by atoms with van der Waals surface area (Å²) in [6, 6.07) is 18.5. The van der Waals surface area contributed by atoms with E-state index in [0.29, 0.717) is 6.73 Å². The Balaban J connectivity index is 1.96. The van der Waals surface area contributed by atoms with Gasteiger partial charge >= 0.3 is 0 Å². The number of allylic oxidation sites excluding steroid dienone is 2. The summed E-state index contributed by atoms with van der Waals surface area (Å²) in [6.45, 7) is 15.7. The number of aromatic nitrogens is 1. The average Bonchev–Trinajstić information content (AvgIpc) is 2.93. The first-order valence-corrected chi connectivity index (χ1v) is 14.7. The molecule has 1 aliphatic rings. The summed E-state index contributed by atoms with van der Waals surface area (Å²) < 4.78 is 14.7. The predicted molar refractivity (Wildman–Crippen MR) is 162 cm³/mol. The van der Waals surface area contributed by atoms with Crippen LogP contribution in [0.3, 0.4) is 0 Å². The highest BCUT2D eigenvalue weighted by Gasteiger charge is 2.33. The Morgan fingerprint density at radius 2 is 1.64 bits per heavy atom. The van der Waals surface area contributed by atoms with Gasteiger partial charge in [0.1, 0.15) is 0 Å². The van der Waals surface area contributed by atoms with Crippen LogP contribution in [0.2, 0.25) is 0 Å². The lowest BCUT2D eigenvalue weighted by atomic mass is 9.72. The maximum Gasteiger partial charge on any atom is 0.253 e. The molecule has 1 aliphatic heterocycles. The Morgan fingerprint density at radius 1 is 0.923 bits per heavy atom. The molecule has 3 aromatic rings. The van der Waals surface area contributed by atoms with Crippen molar-refractivity contribution in [3.63, 3.8) is 0 Å². The van der Waals surface area contributed by atoms with Crippen molar-refractivity contribution < 1.29 is 14.0 Å². The van der Waals surface area contributed by atoms with Gasteiger partial charge in [-0.1, -0.05) is 63.6 Å². The summed E-state index contributed by atoms with van der Waals surface area (Å²) in [4.78, 5) is 0. The zero-order chi connectivity index (χ0) is 28.0. The van der Waals surface area contributed by atoms with E-state index >= 15 is 0 Å². The van der Waals surface area contributed by atoms with E-state index in [9.17, 15) is 0 Å². The second kappa shape index (κ2) is 12.8. The number of unbranched alkanes of at least 4 members (excludes halogenated alkanes) is 1. The summed E-state index contributed by atoms with van der Waals surface area (Å²) >= 11 is 0. The molecule has 0 spiro atoms. The van der Waals surface area contributed by atoms with E-state index in [1.807, 2.05) is 19.3 Å². The zero-order valence-corrected chi connectivity index (χ0v) is 25.0. The molecule has 0 fully saturated rings. The minimum Gasteiger partial charge on any atom is -0.470 e. The normalized spacial score (nSPS) is 17.1. The summed E-state index contributed by atoms with van der Waals surface area (Å²) in [5.74, 6) is 0.850. The molecule has 0 amide bonds. The minimum absolute atomic E-state index is 0.0699. The Kier molecular flexibility index (Phi) is 9.45. The first-order valence-electron chi connectivity index (χ1n) is 14.7. The van der Waals surface area contributed by atoms with Gasteiger partial charge in [0.05, 0.1) is 23.7 Å². The molecule has 206 valence electrons. The third-order valence-corrected chi connectivity index (χ3v) is 8.23. The Morgan fingerprint density at radius 3 is 2.33 bits per heavy atom. The van der Waals surface area contributed by atoms with Crippen LogP contribution in [0.1, 0.15) is 82.6 Å². The second-order valence-corrected chi connectivity index (χ2v) is 11.1. The molecule has 1 unspecified atom stereocenters. The van der Waals surface area contributed by atoms with E-state index in [1.165, 1.54) is 57.5 Å². The second-order valence-electron chi connectivity index (χ2n) is 11.1. The fourth-order valence-corrected chi connectivity index (χ4v) is 5.90. The average molecular weight is 525 g/mol. The molecule has 3 nitrogen and oxygen atoms in total. The lowest BCUT2D eigenvalue weighted by Crippen LogP contribution is -2.40. The molecule has 0 saturated heterocycles. The fourth-order valence-electron chi connectivity index (χ4n) is 5.90. The maximum absolute atomic E-state index is 6.32. The molecule has 2 aromatic carbocycles. The van der Waals surface area contributed by atoms with Crippen LogP contribution in [0, 0.1) is 13.8 Å². The number of benzene rings is 2. The molecule has 3 heteroatoms. The van der Waals surface area contributed by atoms with Crippen LogP contribution < -0.4 is 4.57 Å². The monoisotopic (exact) mass is 524 g/mol. The van der Waals surface area contributed by atoms with Crippen molar-refractivity contribution in [3.8, 4) is 22.4 Å². The molecule has 0 aliphatic carbocycles. The molecule has 0 N–H and O–H groups in total. The highest BCUT2D eigenvalue weighted by molar-refractivity contribution is 5.75. The van der Waals surface area contributed by atoms with Gasteiger partial charge in [-0.3, -0.25) is 0 Å². The van der Waals surface area contributed by atoms with Gasteiger partial charge in [0, 0.05) is 16.5 Å². The summed E-state index contributed by atoms with van der Waals surface area (Å²) in [5.41, 5.74) is 10.0. The molecule has 0 bridgehead atoms. The number of rotatable bonds is 6. The van der Waals surface area contributed by atoms with E-state index in [4.69, 9.17) is 9.47 Å². The van der Waals surface area contributed by atoms with Crippen LogP contribution in [0.15, 0.2) is 78.9 Å². The van der Waals surface area contributed by atoms with Crippen LogP contribution in [0.25, 0.3) is 22.4 Å². The van der Waals surface area contributed by atoms with Gasteiger partial charge in [-0.15, -0.1) is 0 Å². The number of pyridine rings is 1. The molecule has 2 heterocycles. The molecular weight excluding hydrogens is 478 g/mol. The van der Waals surface area contributed by atoms with E-state index in [2.05, 4.69) is 107 Å². The molecule has 1 atom stereocenters. The van der Waals surface area contributed by atoms with Crippen LogP contribution in [0.5, 0.6) is 0 Å². The van der Waals surface area contributed by atoms with Crippen molar-refractivity contribution in [2.75, 3.05) is 0 Å². The van der Waals surface area contributed by atoms with Gasteiger partial charge in [0.15, 0.2) is 6.20 Å². The maximum atomic E-state index is 6.32. The summed E-state index contributed by atoms with van der Waals surface area (Å²) in [5, 5.41) is 0. The topological polar surface area (TPSA) is 22.3 Å². The quantitative estimate of drug-likeness (QED) is 0.300. The number of hydrogen-bond acceptors (Lipinski definition) is 2. The van der Waals surface area contributed by atoms with Crippen molar-refractivity contribution in [3.05, 3.63) is 101 Å². The van der Waals surface area contributed by atoms with Crippen molar-refractivity contribution in [2.45, 2.75) is 98.8 Å². The van der Waals surface area contributed by atoms with Crippen molar-refractivity contribution in [2.24, 2.45) is 0 Å². The molecule has 4 rings (SSSR count). The standard InChI is InChI=1S/C36H46NO2/c1-8-11-12-30-13-15-31(16-14-30)32-17-18-34-33(23-32)35-27(5)21-26(4)24-37(35)25-39-29(7)22-28(6)38-20-19-36(34,9-2)10-3/h13-24,29H,8-12,25H2,1-7H3/q+1. The SMILES string of the molecule is CCCCc1ccc(-c2ccc3c(c2)-c2c(C)cc(C)c[n+]2COC(C)C=C(C)OC=CC3(CC)CC)cc1. The predicted octanol–water partition coefficient (Wildman–Crippen LogP) is 9.14. The molecule has 0 radical (unpaired) electrons. The zero-order valence-electron chi connectivity index (χ0n) is 25.0. The Bertz CT molecular complexity index is 1330. The van der Waals surface area contributed by atoms with Gasteiger partial charge in [0.2, 0.25) is 5.69 Å². The van der Waals surface area contributed by atoms with E-state index in [0.717, 1.165) is 25.0 Å². The number of fused-ring (bicyclic) bond motifs is 3. The van der Waals surface area contributed by atoms with E-state index < -0.39 is 0 Å². The first kappa shape index (κ1) is 28.8. The van der Waals surface area contributed by atoms with Gasteiger partial charge in [-0.05, 0) is 99.9 Å². The molecule has 39 heavy (non-hydrogen) atoms. The lowest BCUT2D eigenvalue weighted by Gasteiger charge is -2.31. The largest absolute Gasteiger partial charge is 0.470 e. The fraction of sp³-hybridized carbons (Fsp3) is 0.417. The number of ether oxygens (including phenoxy) is 2. The molecule has 1 aromatic heterocycles. The highest BCUT2D eigenvalue weighted by atomic mass is 16.5. The Labute approximate surface area is 236 Å². The van der Waals surface area contributed by atoms with Gasteiger partial charge in [-0.2, -0.15) is 4.57 Å². The number of hydrogen-bond donors (Lipinski definition) is 0. The van der Waals surface area contributed by atoms with Gasteiger partial charge < -0.3 is 9.47 Å². The third-order valence-electron chi connectivity index (χ3n) is 8.23. The van der Waals surface area contributed by atoms with Crippen molar-refractivity contribution >= 4 is 0 Å². The number of nitrogens with zero attached hydrogens (tertiary/aromatic N) is 1. The molecular formula is C36H46NO2+. The minimum atomic E-state index is -0.159. The van der Waals surface area contributed by atoms with E-state index in [1.54, 1.807) is 0 Å².